The van der Waals surface area contributed by atoms with Crippen LogP contribution in [0.3, 0.4) is 0 Å². The molecule has 0 aromatic carbocycles. The number of aromatic amines is 1. The molecular weight excluding hydrogens is 172 g/mol. The van der Waals surface area contributed by atoms with Crippen molar-refractivity contribution in [3.63, 3.8) is 0 Å². The molecule has 1 N–H and O–H groups in total. The highest BCUT2D eigenvalue weighted by atomic mass is 32.1. The van der Waals surface area contributed by atoms with Gasteiger partial charge in [0.1, 0.15) is 0 Å². The predicted molar refractivity (Wildman–Crippen MR) is 46.9 cm³/mol. The molecule has 5 heteroatoms. The number of aromatic nitrogens is 4. The first kappa shape index (κ1) is 7.42. The summed E-state index contributed by atoms with van der Waals surface area (Å²) in [6.07, 6.45) is 1.01. The van der Waals surface area contributed by atoms with Crippen LogP contribution in [0.1, 0.15) is 12.5 Å². The maximum absolute atomic E-state index is 3.93. The molecule has 0 atom stereocenters. The molecule has 2 rings (SSSR count). The third-order valence-corrected chi connectivity index (χ3v) is 2.63. The second kappa shape index (κ2) is 3.02. The Morgan fingerprint density at radius 1 is 1.58 bits per heavy atom. The molecule has 0 aliphatic carbocycles. The lowest BCUT2D eigenvalue weighted by Gasteiger charge is -1.92. The molecule has 0 radical (unpaired) electrons. The van der Waals surface area contributed by atoms with Gasteiger partial charge in [-0.1, -0.05) is 6.92 Å². The van der Waals surface area contributed by atoms with Gasteiger partial charge < -0.3 is 0 Å². The SMILES string of the molecule is CCc1ccsc1-c1nn[nH]n1. The van der Waals surface area contributed by atoms with Gasteiger partial charge in [0.25, 0.3) is 0 Å². The van der Waals surface area contributed by atoms with Crippen LogP contribution < -0.4 is 0 Å². The normalized spacial score (nSPS) is 10.4. The molecule has 2 heterocycles. The molecule has 2 aromatic rings. The van der Waals surface area contributed by atoms with Gasteiger partial charge in [0.05, 0.1) is 4.88 Å². The van der Waals surface area contributed by atoms with Gasteiger partial charge in [-0.25, -0.2) is 0 Å². The number of hydrogen-bond donors (Lipinski definition) is 1. The summed E-state index contributed by atoms with van der Waals surface area (Å²) in [6, 6.07) is 2.09. The maximum Gasteiger partial charge on any atom is 0.214 e. The number of aryl methyl sites for hydroxylation is 1. The van der Waals surface area contributed by atoms with Crippen LogP contribution in [0.4, 0.5) is 0 Å². The molecule has 0 saturated carbocycles. The van der Waals surface area contributed by atoms with Crippen LogP contribution in [0, 0.1) is 0 Å². The zero-order valence-corrected chi connectivity index (χ0v) is 7.43. The van der Waals surface area contributed by atoms with Crippen LogP contribution in [-0.2, 0) is 6.42 Å². The Labute approximate surface area is 73.6 Å². The van der Waals surface area contributed by atoms with Crippen molar-refractivity contribution in [1.29, 1.82) is 0 Å². The number of nitrogens with zero attached hydrogens (tertiary/aromatic N) is 3. The molecule has 0 aliphatic rings. The lowest BCUT2D eigenvalue weighted by atomic mass is 10.2. The topological polar surface area (TPSA) is 54.5 Å². The summed E-state index contributed by atoms with van der Waals surface area (Å²) in [7, 11) is 0. The van der Waals surface area contributed by atoms with Gasteiger partial charge in [0.15, 0.2) is 0 Å². The summed E-state index contributed by atoms with van der Waals surface area (Å²) < 4.78 is 0. The van der Waals surface area contributed by atoms with Crippen molar-refractivity contribution >= 4 is 11.3 Å². The van der Waals surface area contributed by atoms with E-state index in [2.05, 4.69) is 33.6 Å². The van der Waals surface area contributed by atoms with Crippen LogP contribution >= 0.6 is 11.3 Å². The maximum atomic E-state index is 3.93. The number of H-pyrrole nitrogens is 1. The highest BCUT2D eigenvalue weighted by Gasteiger charge is 2.08. The molecule has 0 spiro atoms. The van der Waals surface area contributed by atoms with Gasteiger partial charge in [-0.2, -0.15) is 5.21 Å². The van der Waals surface area contributed by atoms with E-state index in [0.717, 1.165) is 11.3 Å². The second-order valence-electron chi connectivity index (χ2n) is 2.36. The van der Waals surface area contributed by atoms with E-state index in [4.69, 9.17) is 0 Å². The van der Waals surface area contributed by atoms with Crippen LogP contribution in [0.15, 0.2) is 11.4 Å². The molecule has 0 aliphatic heterocycles. The Balaban J connectivity index is 2.46. The Hall–Kier alpha value is -1.23. The molecule has 0 unspecified atom stereocenters. The van der Waals surface area contributed by atoms with Gasteiger partial charge in [-0.3, -0.25) is 0 Å². The molecular formula is C7H8N4S. The number of hydrogen-bond acceptors (Lipinski definition) is 4. The van der Waals surface area contributed by atoms with E-state index < -0.39 is 0 Å². The quantitative estimate of drug-likeness (QED) is 0.761. The Morgan fingerprint density at radius 3 is 3.17 bits per heavy atom. The van der Waals surface area contributed by atoms with Crippen molar-refractivity contribution in [3.05, 3.63) is 17.0 Å². The van der Waals surface area contributed by atoms with E-state index in [1.54, 1.807) is 11.3 Å². The summed E-state index contributed by atoms with van der Waals surface area (Å²) in [5.41, 5.74) is 1.28. The summed E-state index contributed by atoms with van der Waals surface area (Å²) in [5.74, 6) is 0.696. The highest BCUT2D eigenvalue weighted by molar-refractivity contribution is 7.13. The summed E-state index contributed by atoms with van der Waals surface area (Å²) in [4.78, 5) is 1.12. The highest BCUT2D eigenvalue weighted by Crippen LogP contribution is 2.25. The summed E-state index contributed by atoms with van der Waals surface area (Å²) in [5, 5.41) is 15.9. The second-order valence-corrected chi connectivity index (χ2v) is 3.28. The molecule has 0 amide bonds. The van der Waals surface area contributed by atoms with E-state index in [0.29, 0.717) is 5.82 Å². The molecule has 4 nitrogen and oxygen atoms in total. The summed E-state index contributed by atoms with van der Waals surface area (Å²) >= 11 is 1.65. The average Bonchev–Trinajstić information content (AvgIpc) is 2.74. The zero-order valence-electron chi connectivity index (χ0n) is 6.61. The molecule has 12 heavy (non-hydrogen) atoms. The van der Waals surface area contributed by atoms with Crippen molar-refractivity contribution in [2.45, 2.75) is 13.3 Å². The van der Waals surface area contributed by atoms with Crippen molar-refractivity contribution < 1.29 is 0 Å². The standard InChI is InChI=1S/C7H8N4S/c1-2-5-3-4-12-6(5)7-8-10-11-9-7/h3-4H,2H2,1H3,(H,8,9,10,11). The minimum atomic E-state index is 0.696. The Kier molecular flexibility index (Phi) is 1.87. The first-order chi connectivity index (χ1) is 5.92. The van der Waals surface area contributed by atoms with Crippen LogP contribution in [0.2, 0.25) is 0 Å². The van der Waals surface area contributed by atoms with E-state index >= 15 is 0 Å². The van der Waals surface area contributed by atoms with E-state index in [1.165, 1.54) is 5.56 Å². The predicted octanol–water partition coefficient (Wildman–Crippen LogP) is 1.49. The lowest BCUT2D eigenvalue weighted by molar-refractivity contribution is 0.881. The van der Waals surface area contributed by atoms with Gasteiger partial charge >= 0.3 is 0 Å². The van der Waals surface area contributed by atoms with Gasteiger partial charge in [0, 0.05) is 0 Å². The fourth-order valence-electron chi connectivity index (χ4n) is 1.07. The largest absolute Gasteiger partial charge is 0.214 e. The third-order valence-electron chi connectivity index (χ3n) is 1.68. The fourth-order valence-corrected chi connectivity index (χ4v) is 1.99. The van der Waals surface area contributed by atoms with Crippen molar-refractivity contribution in [3.8, 4) is 10.7 Å². The van der Waals surface area contributed by atoms with Gasteiger partial charge in [-0.05, 0) is 28.6 Å². The average molecular weight is 180 g/mol. The van der Waals surface area contributed by atoms with Crippen LogP contribution in [0.25, 0.3) is 10.7 Å². The Morgan fingerprint density at radius 2 is 2.50 bits per heavy atom. The Bertz CT molecular complexity index is 351. The number of nitrogens with one attached hydrogen (secondary N) is 1. The van der Waals surface area contributed by atoms with E-state index in [-0.39, 0.29) is 0 Å². The smallest absolute Gasteiger partial charge is 0.177 e. The molecule has 0 fully saturated rings. The monoisotopic (exact) mass is 180 g/mol. The van der Waals surface area contributed by atoms with Crippen molar-refractivity contribution in [2.75, 3.05) is 0 Å². The van der Waals surface area contributed by atoms with Crippen LogP contribution in [0.5, 0.6) is 0 Å². The molecule has 2 aromatic heterocycles. The number of tetrazole rings is 1. The van der Waals surface area contributed by atoms with E-state index in [1.807, 2.05) is 5.38 Å². The third kappa shape index (κ3) is 1.12. The first-order valence-electron chi connectivity index (χ1n) is 3.72. The molecule has 0 saturated heterocycles. The van der Waals surface area contributed by atoms with Crippen molar-refractivity contribution in [1.82, 2.24) is 20.6 Å². The van der Waals surface area contributed by atoms with Crippen molar-refractivity contribution in [2.24, 2.45) is 0 Å². The number of rotatable bonds is 2. The van der Waals surface area contributed by atoms with E-state index in [9.17, 15) is 0 Å². The van der Waals surface area contributed by atoms with Gasteiger partial charge in [-0.15, -0.1) is 21.5 Å². The fraction of sp³-hybridized carbons (Fsp3) is 0.286. The van der Waals surface area contributed by atoms with Crippen LogP contribution in [-0.4, -0.2) is 20.6 Å². The summed E-state index contributed by atoms with van der Waals surface area (Å²) in [6.45, 7) is 2.12. The zero-order chi connectivity index (χ0) is 8.39. The first-order valence-corrected chi connectivity index (χ1v) is 4.60. The lowest BCUT2D eigenvalue weighted by Crippen LogP contribution is -1.82. The minimum absolute atomic E-state index is 0.696. The molecule has 0 bridgehead atoms. The van der Waals surface area contributed by atoms with Gasteiger partial charge in [0.2, 0.25) is 5.82 Å². The number of thiophene rings is 1. The minimum Gasteiger partial charge on any atom is -0.177 e. The molecule has 62 valence electrons.